The Morgan fingerprint density at radius 1 is 1.25 bits per heavy atom. The number of hydrogen-bond donors (Lipinski definition) is 1. The van der Waals surface area contributed by atoms with Crippen molar-refractivity contribution in [3.05, 3.63) is 23.9 Å². The lowest BCUT2D eigenvalue weighted by Gasteiger charge is -2.11. The summed E-state index contributed by atoms with van der Waals surface area (Å²) in [6, 6.07) is 5.86. The molecular weight excluding hydrogens is 258 g/mol. The van der Waals surface area contributed by atoms with E-state index >= 15 is 0 Å². The van der Waals surface area contributed by atoms with Gasteiger partial charge >= 0.3 is 5.97 Å². The van der Waals surface area contributed by atoms with Crippen molar-refractivity contribution in [1.29, 1.82) is 0 Å². The molecule has 0 saturated heterocycles. The summed E-state index contributed by atoms with van der Waals surface area (Å²) < 4.78 is 12.8. The van der Waals surface area contributed by atoms with Crippen LogP contribution in [-0.4, -0.2) is 29.9 Å². The third kappa shape index (κ3) is 2.71. The molecule has 0 atom stereocenters. The monoisotopic (exact) mass is 277 g/mol. The maximum Gasteiger partial charge on any atom is 0.303 e. The van der Waals surface area contributed by atoms with Crippen molar-refractivity contribution >= 4 is 16.9 Å². The fourth-order valence-corrected chi connectivity index (χ4v) is 2.43. The average molecular weight is 277 g/mol. The van der Waals surface area contributed by atoms with Gasteiger partial charge in [0.25, 0.3) is 0 Å². The minimum absolute atomic E-state index is 0.164. The zero-order valence-electron chi connectivity index (χ0n) is 12.0. The molecule has 108 valence electrons. The lowest BCUT2D eigenvalue weighted by molar-refractivity contribution is -0.137. The molecule has 0 amide bonds. The molecule has 5 nitrogen and oxygen atoms in total. The summed E-state index contributed by atoms with van der Waals surface area (Å²) in [6.07, 6.45) is 0.757. The number of aliphatic carboxylic acids is 1. The maximum absolute atomic E-state index is 10.6. The zero-order chi connectivity index (χ0) is 14.7. The van der Waals surface area contributed by atoms with Crippen LogP contribution in [0.3, 0.4) is 0 Å². The van der Waals surface area contributed by atoms with Crippen LogP contribution in [0.15, 0.2) is 18.2 Å². The average Bonchev–Trinajstić information content (AvgIpc) is 2.73. The Kier molecular flexibility index (Phi) is 4.17. The van der Waals surface area contributed by atoms with E-state index in [9.17, 15) is 4.79 Å². The van der Waals surface area contributed by atoms with Crippen LogP contribution in [0.1, 0.15) is 18.5 Å². The second kappa shape index (κ2) is 5.86. The van der Waals surface area contributed by atoms with Crippen LogP contribution in [0.2, 0.25) is 0 Å². The highest BCUT2D eigenvalue weighted by molar-refractivity contribution is 5.88. The molecule has 0 fully saturated rings. The first kappa shape index (κ1) is 14.2. The molecule has 1 heterocycles. The van der Waals surface area contributed by atoms with Crippen molar-refractivity contribution in [2.24, 2.45) is 0 Å². The van der Waals surface area contributed by atoms with Crippen molar-refractivity contribution < 1.29 is 19.4 Å². The van der Waals surface area contributed by atoms with Gasteiger partial charge in [-0.1, -0.05) is 0 Å². The van der Waals surface area contributed by atoms with Crippen molar-refractivity contribution in [2.45, 2.75) is 26.3 Å². The molecule has 0 saturated carbocycles. The van der Waals surface area contributed by atoms with Crippen LogP contribution in [0, 0.1) is 6.92 Å². The van der Waals surface area contributed by atoms with Gasteiger partial charge in [0.05, 0.1) is 19.7 Å². The molecule has 0 aliphatic heterocycles. The summed E-state index contributed by atoms with van der Waals surface area (Å²) >= 11 is 0. The van der Waals surface area contributed by atoms with E-state index < -0.39 is 5.97 Å². The van der Waals surface area contributed by atoms with E-state index in [4.69, 9.17) is 14.6 Å². The van der Waals surface area contributed by atoms with Crippen LogP contribution in [0.25, 0.3) is 10.9 Å². The SMILES string of the molecule is COc1cc(OC)c2c(c1)cc(C)n2CCCC(=O)O. The molecule has 5 heteroatoms. The van der Waals surface area contributed by atoms with E-state index in [1.54, 1.807) is 14.2 Å². The highest BCUT2D eigenvalue weighted by Gasteiger charge is 2.13. The molecule has 0 bridgehead atoms. The second-order valence-electron chi connectivity index (χ2n) is 4.70. The molecule has 0 aliphatic rings. The number of carboxylic acids is 1. The second-order valence-corrected chi connectivity index (χ2v) is 4.70. The number of nitrogens with zero attached hydrogens (tertiary/aromatic N) is 1. The fraction of sp³-hybridized carbons (Fsp3) is 0.400. The highest BCUT2D eigenvalue weighted by atomic mass is 16.5. The number of rotatable bonds is 6. The van der Waals surface area contributed by atoms with Crippen molar-refractivity contribution in [2.75, 3.05) is 14.2 Å². The number of benzene rings is 1. The minimum Gasteiger partial charge on any atom is -0.497 e. The van der Waals surface area contributed by atoms with E-state index in [2.05, 4.69) is 10.6 Å². The first-order valence-electron chi connectivity index (χ1n) is 6.50. The molecule has 0 aliphatic carbocycles. The number of ether oxygens (including phenoxy) is 2. The van der Waals surface area contributed by atoms with Crippen LogP contribution in [0.4, 0.5) is 0 Å². The number of carboxylic acid groups (broad SMARTS) is 1. The van der Waals surface area contributed by atoms with Crippen molar-refractivity contribution in [3.63, 3.8) is 0 Å². The first-order valence-corrected chi connectivity index (χ1v) is 6.50. The van der Waals surface area contributed by atoms with E-state index in [-0.39, 0.29) is 6.42 Å². The molecule has 1 N–H and O–H groups in total. The third-order valence-corrected chi connectivity index (χ3v) is 3.37. The van der Waals surface area contributed by atoms with Gasteiger partial charge < -0.3 is 19.1 Å². The summed E-state index contributed by atoms with van der Waals surface area (Å²) in [6.45, 7) is 2.66. The Morgan fingerprint density at radius 3 is 2.60 bits per heavy atom. The zero-order valence-corrected chi connectivity index (χ0v) is 12.0. The van der Waals surface area contributed by atoms with Crippen molar-refractivity contribution in [3.8, 4) is 11.5 Å². The quantitative estimate of drug-likeness (QED) is 0.882. The topological polar surface area (TPSA) is 60.7 Å². The lowest BCUT2D eigenvalue weighted by Crippen LogP contribution is -2.04. The molecule has 1 aromatic carbocycles. The normalized spacial score (nSPS) is 10.8. The van der Waals surface area contributed by atoms with Crippen molar-refractivity contribution in [1.82, 2.24) is 4.57 Å². The van der Waals surface area contributed by atoms with Gasteiger partial charge in [-0.05, 0) is 25.5 Å². The first-order chi connectivity index (χ1) is 9.56. The Bertz CT molecular complexity index is 630. The summed E-state index contributed by atoms with van der Waals surface area (Å²) in [5, 5.41) is 9.78. The smallest absolute Gasteiger partial charge is 0.303 e. The van der Waals surface area contributed by atoms with Gasteiger partial charge in [-0.15, -0.1) is 0 Å². The maximum atomic E-state index is 10.6. The molecule has 2 aromatic rings. The van der Waals surface area contributed by atoms with Crippen LogP contribution < -0.4 is 9.47 Å². The Morgan fingerprint density at radius 2 is 2.00 bits per heavy atom. The predicted octanol–water partition coefficient (Wildman–Crippen LogP) is 2.83. The van der Waals surface area contributed by atoms with Crippen LogP contribution in [0.5, 0.6) is 11.5 Å². The summed E-state index contributed by atoms with van der Waals surface area (Å²) in [4.78, 5) is 10.6. The van der Waals surface area contributed by atoms with Crippen LogP contribution >= 0.6 is 0 Å². The third-order valence-electron chi connectivity index (χ3n) is 3.37. The largest absolute Gasteiger partial charge is 0.497 e. The van der Waals surface area contributed by atoms with Gasteiger partial charge in [-0.25, -0.2) is 0 Å². The predicted molar refractivity (Wildman–Crippen MR) is 76.6 cm³/mol. The standard InChI is InChI=1S/C15H19NO4/c1-10-7-11-8-12(19-2)9-13(20-3)15(11)16(10)6-4-5-14(17)18/h7-9H,4-6H2,1-3H3,(H,17,18). The number of aromatic nitrogens is 1. The van der Waals surface area contributed by atoms with Gasteiger partial charge in [0, 0.05) is 30.1 Å². The molecule has 0 unspecified atom stereocenters. The summed E-state index contributed by atoms with van der Waals surface area (Å²) in [7, 11) is 3.25. The highest BCUT2D eigenvalue weighted by Crippen LogP contribution is 2.33. The Labute approximate surface area is 117 Å². The number of aryl methyl sites for hydroxylation is 2. The van der Waals surface area contributed by atoms with E-state index in [1.165, 1.54) is 0 Å². The Balaban J connectivity index is 2.43. The van der Waals surface area contributed by atoms with Gasteiger partial charge in [-0.3, -0.25) is 4.79 Å². The molecule has 1 aromatic heterocycles. The number of fused-ring (bicyclic) bond motifs is 1. The molecule has 0 radical (unpaired) electrons. The van der Waals surface area contributed by atoms with E-state index in [1.807, 2.05) is 19.1 Å². The molecular formula is C15H19NO4. The molecule has 2 rings (SSSR count). The summed E-state index contributed by atoms with van der Waals surface area (Å²) in [5.41, 5.74) is 2.06. The fourth-order valence-electron chi connectivity index (χ4n) is 2.43. The lowest BCUT2D eigenvalue weighted by atomic mass is 10.2. The van der Waals surface area contributed by atoms with Gasteiger partial charge in [0.2, 0.25) is 0 Å². The van der Waals surface area contributed by atoms with E-state index in [0.29, 0.717) is 13.0 Å². The number of carbonyl (C=O) groups is 1. The number of hydrogen-bond acceptors (Lipinski definition) is 3. The molecule has 0 spiro atoms. The molecule has 20 heavy (non-hydrogen) atoms. The van der Waals surface area contributed by atoms with E-state index in [0.717, 1.165) is 28.1 Å². The van der Waals surface area contributed by atoms with Gasteiger partial charge in [-0.2, -0.15) is 0 Å². The summed E-state index contributed by atoms with van der Waals surface area (Å²) in [5.74, 6) is 0.715. The van der Waals surface area contributed by atoms with Gasteiger partial charge in [0.15, 0.2) is 0 Å². The Hall–Kier alpha value is -2.17. The minimum atomic E-state index is -0.771. The van der Waals surface area contributed by atoms with Crippen LogP contribution in [-0.2, 0) is 11.3 Å². The number of methoxy groups -OCH3 is 2. The van der Waals surface area contributed by atoms with Gasteiger partial charge in [0.1, 0.15) is 11.5 Å².